The highest BCUT2D eigenvalue weighted by atomic mass is 79.9. The summed E-state index contributed by atoms with van der Waals surface area (Å²) in [6.07, 6.45) is 0.704. The fourth-order valence-corrected chi connectivity index (χ4v) is 2.63. The summed E-state index contributed by atoms with van der Waals surface area (Å²) in [4.78, 5) is 0. The third-order valence-electron chi connectivity index (χ3n) is 2.54. The average molecular weight is 336 g/mol. The Labute approximate surface area is 117 Å². The minimum Gasteiger partial charge on any atom is -0.491 e. The fraction of sp³-hybridized carbons (Fsp3) is 0.500. The smallest absolute Gasteiger partial charge is 0.153 e. The number of sulfone groups is 1. The largest absolute Gasteiger partial charge is 0.491 e. The van der Waals surface area contributed by atoms with Crippen molar-refractivity contribution >= 4 is 25.8 Å². The molecule has 0 aliphatic heterocycles. The molecule has 0 aliphatic rings. The van der Waals surface area contributed by atoms with Crippen molar-refractivity contribution in [2.75, 3.05) is 24.7 Å². The summed E-state index contributed by atoms with van der Waals surface area (Å²) in [7, 11) is -2.99. The number of hydrogen-bond donors (Lipinski definition) is 1. The molecule has 0 saturated heterocycles. The van der Waals surface area contributed by atoms with Crippen molar-refractivity contribution in [2.45, 2.75) is 13.3 Å². The van der Waals surface area contributed by atoms with E-state index in [9.17, 15) is 8.42 Å². The van der Waals surface area contributed by atoms with Crippen LogP contribution < -0.4 is 10.5 Å². The number of nitrogens with two attached hydrogens (primary N) is 1. The van der Waals surface area contributed by atoms with Gasteiger partial charge in [0.2, 0.25) is 0 Å². The van der Waals surface area contributed by atoms with Gasteiger partial charge in [-0.1, -0.05) is 19.1 Å². The molecule has 0 aliphatic carbocycles. The Balaban J connectivity index is 2.72. The lowest BCUT2D eigenvalue weighted by molar-refractivity contribution is 0.335. The Bertz CT molecular complexity index is 488. The van der Waals surface area contributed by atoms with Crippen LogP contribution in [0.2, 0.25) is 0 Å². The summed E-state index contributed by atoms with van der Waals surface area (Å²) in [6, 6.07) is 5.70. The zero-order chi connectivity index (χ0) is 13.6. The summed E-state index contributed by atoms with van der Waals surface area (Å²) < 4.78 is 29.1. The Hall–Kier alpha value is -0.590. The van der Waals surface area contributed by atoms with E-state index in [1.54, 1.807) is 6.92 Å². The van der Waals surface area contributed by atoms with E-state index >= 15 is 0 Å². The number of hydrogen-bond acceptors (Lipinski definition) is 4. The molecule has 0 spiro atoms. The Kier molecular flexibility index (Phi) is 6.11. The summed E-state index contributed by atoms with van der Waals surface area (Å²) in [6.45, 7) is 2.32. The molecule has 18 heavy (non-hydrogen) atoms. The molecular formula is C12H18BrNO3S. The number of halogens is 1. The second-order valence-electron chi connectivity index (χ2n) is 3.85. The molecule has 0 aromatic heterocycles. The molecule has 102 valence electrons. The summed E-state index contributed by atoms with van der Waals surface area (Å²) in [5.74, 6) is 0.865. The quantitative estimate of drug-likeness (QED) is 0.824. The maximum Gasteiger partial charge on any atom is 0.153 e. The lowest BCUT2D eigenvalue weighted by Gasteiger charge is -2.12. The number of benzene rings is 1. The molecule has 0 bridgehead atoms. The Morgan fingerprint density at radius 2 is 2.11 bits per heavy atom. The zero-order valence-corrected chi connectivity index (χ0v) is 12.8. The molecule has 2 N–H and O–H groups in total. The maximum atomic E-state index is 11.4. The first-order valence-electron chi connectivity index (χ1n) is 5.81. The highest BCUT2D eigenvalue weighted by molar-refractivity contribution is 9.10. The number of para-hydroxylation sites is 1. The highest BCUT2D eigenvalue weighted by Crippen LogP contribution is 2.29. The molecule has 1 aromatic carbocycles. The van der Waals surface area contributed by atoms with E-state index in [0.717, 1.165) is 10.0 Å². The van der Waals surface area contributed by atoms with E-state index in [1.165, 1.54) is 0 Å². The van der Waals surface area contributed by atoms with Crippen LogP contribution in [0.3, 0.4) is 0 Å². The van der Waals surface area contributed by atoms with Crippen LogP contribution in [0.1, 0.15) is 12.5 Å². The van der Waals surface area contributed by atoms with Crippen molar-refractivity contribution < 1.29 is 13.2 Å². The normalized spacial score (nSPS) is 11.5. The van der Waals surface area contributed by atoms with Gasteiger partial charge in [-0.2, -0.15) is 0 Å². The van der Waals surface area contributed by atoms with E-state index in [4.69, 9.17) is 10.5 Å². The van der Waals surface area contributed by atoms with Crippen molar-refractivity contribution in [1.82, 2.24) is 0 Å². The van der Waals surface area contributed by atoms with Gasteiger partial charge in [0.25, 0.3) is 0 Å². The van der Waals surface area contributed by atoms with Crippen LogP contribution in [0.5, 0.6) is 5.75 Å². The van der Waals surface area contributed by atoms with Crippen LogP contribution in [-0.4, -0.2) is 33.1 Å². The van der Waals surface area contributed by atoms with Crippen molar-refractivity contribution in [3.63, 3.8) is 0 Å². The van der Waals surface area contributed by atoms with Gasteiger partial charge in [-0.3, -0.25) is 0 Å². The van der Waals surface area contributed by atoms with Gasteiger partial charge in [-0.15, -0.1) is 0 Å². The van der Waals surface area contributed by atoms with E-state index in [0.29, 0.717) is 18.7 Å². The van der Waals surface area contributed by atoms with Gasteiger partial charge >= 0.3 is 0 Å². The Morgan fingerprint density at radius 1 is 1.39 bits per heavy atom. The molecule has 1 aromatic rings. The van der Waals surface area contributed by atoms with Gasteiger partial charge < -0.3 is 10.5 Å². The molecule has 0 saturated carbocycles. The van der Waals surface area contributed by atoms with Crippen LogP contribution in [0.4, 0.5) is 0 Å². The predicted molar refractivity (Wildman–Crippen MR) is 76.7 cm³/mol. The molecule has 6 heteroatoms. The third-order valence-corrected chi connectivity index (χ3v) is 4.84. The standard InChI is InChI=1S/C12H18BrNO3S/c1-2-18(15,16)9-8-17-12-10(6-7-14)4-3-5-11(12)13/h3-5H,2,6-9,14H2,1H3. The summed E-state index contributed by atoms with van der Waals surface area (Å²) >= 11 is 3.40. The molecular weight excluding hydrogens is 318 g/mol. The van der Waals surface area contributed by atoms with E-state index in [2.05, 4.69) is 15.9 Å². The first-order valence-corrected chi connectivity index (χ1v) is 8.42. The zero-order valence-electron chi connectivity index (χ0n) is 10.4. The molecule has 0 unspecified atom stereocenters. The van der Waals surface area contributed by atoms with E-state index in [1.807, 2.05) is 18.2 Å². The van der Waals surface area contributed by atoms with Crippen LogP contribution in [0.15, 0.2) is 22.7 Å². The summed E-state index contributed by atoms with van der Waals surface area (Å²) in [5.41, 5.74) is 6.52. The monoisotopic (exact) mass is 335 g/mol. The van der Waals surface area contributed by atoms with Gasteiger partial charge in [0.1, 0.15) is 12.4 Å². The minimum atomic E-state index is -2.99. The molecule has 4 nitrogen and oxygen atoms in total. The lowest BCUT2D eigenvalue weighted by Crippen LogP contribution is -2.16. The molecule has 0 amide bonds. The van der Waals surface area contributed by atoms with Gasteiger partial charge in [0.05, 0.1) is 10.2 Å². The number of rotatable bonds is 7. The third kappa shape index (κ3) is 4.59. The summed E-state index contributed by atoms with van der Waals surface area (Å²) in [5, 5.41) is 0. The highest BCUT2D eigenvalue weighted by Gasteiger charge is 2.11. The van der Waals surface area contributed by atoms with Crippen molar-refractivity contribution in [2.24, 2.45) is 5.73 Å². The molecule has 0 heterocycles. The minimum absolute atomic E-state index is 0.0346. The van der Waals surface area contributed by atoms with Crippen LogP contribution >= 0.6 is 15.9 Å². The van der Waals surface area contributed by atoms with Gasteiger partial charge in [-0.25, -0.2) is 8.42 Å². The molecule has 0 radical (unpaired) electrons. The molecule has 1 rings (SSSR count). The topological polar surface area (TPSA) is 69.4 Å². The van der Waals surface area contributed by atoms with Gasteiger partial charge in [0.15, 0.2) is 9.84 Å². The van der Waals surface area contributed by atoms with Gasteiger partial charge in [-0.05, 0) is 40.5 Å². The first-order chi connectivity index (χ1) is 8.50. The lowest BCUT2D eigenvalue weighted by atomic mass is 10.1. The van der Waals surface area contributed by atoms with Crippen LogP contribution in [0.25, 0.3) is 0 Å². The van der Waals surface area contributed by atoms with Crippen molar-refractivity contribution in [3.05, 3.63) is 28.2 Å². The van der Waals surface area contributed by atoms with Gasteiger partial charge in [0, 0.05) is 5.75 Å². The second-order valence-corrected chi connectivity index (χ2v) is 7.18. The van der Waals surface area contributed by atoms with Crippen LogP contribution in [0, 0.1) is 0 Å². The van der Waals surface area contributed by atoms with Crippen molar-refractivity contribution in [1.29, 1.82) is 0 Å². The molecule has 0 atom stereocenters. The van der Waals surface area contributed by atoms with Crippen molar-refractivity contribution in [3.8, 4) is 5.75 Å². The first kappa shape index (κ1) is 15.5. The second kappa shape index (κ2) is 7.11. The SMILES string of the molecule is CCS(=O)(=O)CCOc1c(Br)cccc1CCN. The van der Waals surface area contributed by atoms with E-state index in [-0.39, 0.29) is 18.1 Å². The Morgan fingerprint density at radius 3 is 2.72 bits per heavy atom. The molecule has 0 fully saturated rings. The number of ether oxygens (including phenoxy) is 1. The average Bonchev–Trinajstić information content (AvgIpc) is 2.33. The predicted octanol–water partition coefficient (Wildman–Crippen LogP) is 1.76. The maximum absolute atomic E-state index is 11.4. The van der Waals surface area contributed by atoms with Crippen LogP contribution in [-0.2, 0) is 16.3 Å². The fourth-order valence-electron chi connectivity index (χ4n) is 1.48. The van der Waals surface area contributed by atoms with E-state index < -0.39 is 9.84 Å².